The Bertz CT molecular complexity index is 754. The van der Waals surface area contributed by atoms with E-state index in [9.17, 15) is 4.79 Å². The van der Waals surface area contributed by atoms with Gasteiger partial charge in [0.15, 0.2) is 5.78 Å². The molecule has 0 aliphatic carbocycles. The first-order valence-electron chi connectivity index (χ1n) is 6.49. The number of benzene rings is 3. The molecule has 0 spiro atoms. The molecule has 0 saturated carbocycles. The SMILES string of the molecule is O=C(Cc1cccc2ccccc12)c1ccc(Br)cc1. The van der Waals surface area contributed by atoms with Gasteiger partial charge in [-0.05, 0) is 28.5 Å². The number of fused-ring (bicyclic) bond motifs is 1. The highest BCUT2D eigenvalue weighted by Crippen LogP contribution is 2.20. The third-order valence-corrected chi connectivity index (χ3v) is 3.93. The van der Waals surface area contributed by atoms with Crippen LogP contribution in [0, 0.1) is 0 Å². The molecule has 3 aromatic carbocycles. The maximum atomic E-state index is 12.4. The Hall–Kier alpha value is -1.93. The van der Waals surface area contributed by atoms with Crippen LogP contribution in [0.15, 0.2) is 71.2 Å². The molecule has 0 atom stereocenters. The van der Waals surface area contributed by atoms with Gasteiger partial charge in [-0.25, -0.2) is 0 Å². The second-order valence-electron chi connectivity index (χ2n) is 4.75. The summed E-state index contributed by atoms with van der Waals surface area (Å²) in [4.78, 5) is 12.4. The Morgan fingerprint density at radius 1 is 0.850 bits per heavy atom. The highest BCUT2D eigenvalue weighted by Gasteiger charge is 2.09. The van der Waals surface area contributed by atoms with Gasteiger partial charge < -0.3 is 0 Å². The Labute approximate surface area is 126 Å². The summed E-state index contributed by atoms with van der Waals surface area (Å²) >= 11 is 3.38. The van der Waals surface area contributed by atoms with E-state index in [0.717, 1.165) is 21.0 Å². The van der Waals surface area contributed by atoms with Crippen molar-refractivity contribution in [3.8, 4) is 0 Å². The lowest BCUT2D eigenvalue weighted by Gasteiger charge is -2.06. The summed E-state index contributed by atoms with van der Waals surface area (Å²) in [6.07, 6.45) is 0.434. The average Bonchev–Trinajstić information content (AvgIpc) is 2.48. The summed E-state index contributed by atoms with van der Waals surface area (Å²) in [7, 11) is 0. The lowest BCUT2D eigenvalue weighted by molar-refractivity contribution is 0.0993. The average molecular weight is 325 g/mol. The molecule has 0 aliphatic rings. The zero-order valence-corrected chi connectivity index (χ0v) is 12.4. The lowest BCUT2D eigenvalue weighted by atomic mass is 9.98. The first kappa shape index (κ1) is 13.1. The third-order valence-electron chi connectivity index (χ3n) is 3.40. The normalized spacial score (nSPS) is 10.7. The van der Waals surface area contributed by atoms with Crippen LogP contribution in [0.5, 0.6) is 0 Å². The summed E-state index contributed by atoms with van der Waals surface area (Å²) in [6, 6.07) is 21.8. The van der Waals surface area contributed by atoms with Gasteiger partial charge in [0.05, 0.1) is 0 Å². The van der Waals surface area contributed by atoms with Gasteiger partial charge in [0.25, 0.3) is 0 Å². The standard InChI is InChI=1S/C18H13BrO/c19-16-10-8-14(9-11-16)18(20)12-15-6-3-5-13-4-1-2-7-17(13)15/h1-11H,12H2. The molecule has 20 heavy (non-hydrogen) atoms. The van der Waals surface area contributed by atoms with E-state index in [2.05, 4.69) is 34.1 Å². The molecule has 0 aliphatic heterocycles. The molecule has 1 nitrogen and oxygen atoms in total. The van der Waals surface area contributed by atoms with E-state index in [4.69, 9.17) is 0 Å². The Morgan fingerprint density at radius 3 is 2.35 bits per heavy atom. The molecule has 0 saturated heterocycles. The van der Waals surface area contributed by atoms with Gasteiger partial charge in [0.2, 0.25) is 0 Å². The van der Waals surface area contributed by atoms with Crippen molar-refractivity contribution in [3.63, 3.8) is 0 Å². The predicted molar refractivity (Wildman–Crippen MR) is 86.1 cm³/mol. The molecule has 0 bridgehead atoms. The monoisotopic (exact) mass is 324 g/mol. The number of hydrogen-bond acceptors (Lipinski definition) is 1. The van der Waals surface area contributed by atoms with Gasteiger partial charge in [0, 0.05) is 16.5 Å². The molecule has 3 rings (SSSR count). The van der Waals surface area contributed by atoms with E-state index < -0.39 is 0 Å². The fraction of sp³-hybridized carbons (Fsp3) is 0.0556. The number of ketones is 1. The second kappa shape index (κ2) is 5.59. The van der Waals surface area contributed by atoms with Gasteiger partial charge in [-0.3, -0.25) is 4.79 Å². The molecule has 2 heteroatoms. The second-order valence-corrected chi connectivity index (χ2v) is 5.66. The van der Waals surface area contributed by atoms with Crippen molar-refractivity contribution in [2.24, 2.45) is 0 Å². The number of rotatable bonds is 3. The summed E-state index contributed by atoms with van der Waals surface area (Å²) in [5.74, 6) is 0.147. The van der Waals surface area contributed by atoms with Crippen LogP contribution in [0.4, 0.5) is 0 Å². The molecular weight excluding hydrogens is 312 g/mol. The van der Waals surface area contributed by atoms with E-state index in [-0.39, 0.29) is 5.78 Å². The minimum Gasteiger partial charge on any atom is -0.294 e. The van der Waals surface area contributed by atoms with Crippen LogP contribution in [0.2, 0.25) is 0 Å². The molecule has 0 radical (unpaired) electrons. The van der Waals surface area contributed by atoms with Crippen LogP contribution in [0.25, 0.3) is 10.8 Å². The highest BCUT2D eigenvalue weighted by molar-refractivity contribution is 9.10. The number of carbonyl (C=O) groups excluding carboxylic acids is 1. The summed E-state index contributed by atoms with van der Waals surface area (Å²) in [6.45, 7) is 0. The molecule has 98 valence electrons. The van der Waals surface area contributed by atoms with Crippen molar-refractivity contribution in [3.05, 3.63) is 82.3 Å². The first-order chi connectivity index (χ1) is 9.74. The zero-order valence-electron chi connectivity index (χ0n) is 10.8. The Balaban J connectivity index is 1.93. The predicted octanol–water partition coefficient (Wildman–Crippen LogP) is 5.03. The van der Waals surface area contributed by atoms with Crippen LogP contribution in [0.1, 0.15) is 15.9 Å². The Kier molecular flexibility index (Phi) is 3.66. The summed E-state index contributed by atoms with van der Waals surface area (Å²) < 4.78 is 0.985. The number of Topliss-reactive ketones (excluding diaryl/α,β-unsaturated/α-hetero) is 1. The molecule has 0 fully saturated rings. The van der Waals surface area contributed by atoms with Crippen LogP contribution < -0.4 is 0 Å². The zero-order chi connectivity index (χ0) is 13.9. The smallest absolute Gasteiger partial charge is 0.167 e. The van der Waals surface area contributed by atoms with Crippen LogP contribution in [-0.4, -0.2) is 5.78 Å². The van der Waals surface area contributed by atoms with E-state index >= 15 is 0 Å². The highest BCUT2D eigenvalue weighted by atomic mass is 79.9. The van der Waals surface area contributed by atoms with Crippen molar-refractivity contribution in [1.29, 1.82) is 0 Å². The number of hydrogen-bond donors (Lipinski definition) is 0. The topological polar surface area (TPSA) is 17.1 Å². The summed E-state index contributed by atoms with van der Waals surface area (Å²) in [5.41, 5.74) is 1.83. The molecule has 3 aromatic rings. The van der Waals surface area contributed by atoms with Gasteiger partial charge in [-0.1, -0.05) is 70.5 Å². The minimum absolute atomic E-state index is 0.147. The van der Waals surface area contributed by atoms with E-state index in [0.29, 0.717) is 6.42 Å². The van der Waals surface area contributed by atoms with E-state index in [1.54, 1.807) is 0 Å². The fourth-order valence-corrected chi connectivity index (χ4v) is 2.62. The molecule has 0 heterocycles. The molecule has 0 N–H and O–H groups in total. The lowest BCUT2D eigenvalue weighted by Crippen LogP contribution is -2.03. The van der Waals surface area contributed by atoms with Crippen LogP contribution >= 0.6 is 15.9 Å². The quantitative estimate of drug-likeness (QED) is 0.618. The van der Waals surface area contributed by atoms with Gasteiger partial charge in [-0.15, -0.1) is 0 Å². The molecule has 0 unspecified atom stereocenters. The van der Waals surface area contributed by atoms with Crippen molar-refractivity contribution >= 4 is 32.5 Å². The van der Waals surface area contributed by atoms with Crippen LogP contribution in [-0.2, 0) is 6.42 Å². The third kappa shape index (κ3) is 2.66. The number of halogens is 1. The van der Waals surface area contributed by atoms with Gasteiger partial charge >= 0.3 is 0 Å². The fourth-order valence-electron chi connectivity index (χ4n) is 2.36. The van der Waals surface area contributed by atoms with Gasteiger partial charge in [0.1, 0.15) is 0 Å². The molecular formula is C18H13BrO. The van der Waals surface area contributed by atoms with E-state index in [1.807, 2.05) is 48.5 Å². The molecule has 0 aromatic heterocycles. The minimum atomic E-state index is 0.147. The largest absolute Gasteiger partial charge is 0.294 e. The van der Waals surface area contributed by atoms with Crippen molar-refractivity contribution in [2.75, 3.05) is 0 Å². The first-order valence-corrected chi connectivity index (χ1v) is 7.29. The molecule has 0 amide bonds. The van der Waals surface area contributed by atoms with Crippen molar-refractivity contribution in [2.45, 2.75) is 6.42 Å². The van der Waals surface area contributed by atoms with Crippen LogP contribution in [0.3, 0.4) is 0 Å². The number of carbonyl (C=O) groups is 1. The van der Waals surface area contributed by atoms with Gasteiger partial charge in [-0.2, -0.15) is 0 Å². The maximum Gasteiger partial charge on any atom is 0.167 e. The van der Waals surface area contributed by atoms with E-state index in [1.165, 1.54) is 5.39 Å². The Morgan fingerprint density at radius 2 is 1.55 bits per heavy atom. The maximum absolute atomic E-state index is 12.4. The van der Waals surface area contributed by atoms with Crippen molar-refractivity contribution in [1.82, 2.24) is 0 Å². The summed E-state index contributed by atoms with van der Waals surface area (Å²) in [5, 5.41) is 2.33. The van der Waals surface area contributed by atoms with Crippen molar-refractivity contribution < 1.29 is 4.79 Å².